The summed E-state index contributed by atoms with van der Waals surface area (Å²) in [7, 11) is 0. The number of rotatable bonds is 3. The lowest BCUT2D eigenvalue weighted by Gasteiger charge is -2.49. The highest BCUT2D eigenvalue weighted by Crippen LogP contribution is 2.39. The van der Waals surface area contributed by atoms with E-state index in [9.17, 15) is 4.39 Å². The monoisotopic (exact) mass is 332 g/mol. The minimum Gasteiger partial charge on any atom is -0.363 e. The highest BCUT2D eigenvalue weighted by Gasteiger charge is 2.37. The van der Waals surface area contributed by atoms with E-state index in [1.165, 1.54) is 12.1 Å². The number of hydrogen-bond acceptors (Lipinski definition) is 2. The molecule has 0 bridgehead atoms. The van der Waals surface area contributed by atoms with Crippen LogP contribution in [0.4, 0.5) is 10.1 Å². The molecule has 1 aromatic rings. The van der Waals surface area contributed by atoms with E-state index in [0.717, 1.165) is 25.2 Å². The second kappa shape index (κ2) is 6.31. The number of anilines is 1. The van der Waals surface area contributed by atoms with E-state index in [2.05, 4.69) is 37.9 Å². The van der Waals surface area contributed by atoms with Gasteiger partial charge in [0.2, 0.25) is 0 Å². The topological polar surface area (TPSA) is 15.3 Å². The van der Waals surface area contributed by atoms with E-state index >= 15 is 0 Å². The molecule has 0 aromatic heterocycles. The van der Waals surface area contributed by atoms with Crippen LogP contribution < -0.4 is 10.2 Å². The Morgan fingerprint density at radius 2 is 1.95 bits per heavy atom. The highest BCUT2D eigenvalue weighted by molar-refractivity contribution is 6.39. The van der Waals surface area contributed by atoms with Crippen LogP contribution in [0.1, 0.15) is 34.1 Å². The average molecular weight is 333 g/mol. The molecule has 118 valence electrons. The maximum absolute atomic E-state index is 13.4. The molecule has 1 N–H and O–H groups in total. The molecule has 1 saturated heterocycles. The number of benzene rings is 1. The molecule has 21 heavy (non-hydrogen) atoms. The largest absolute Gasteiger partial charge is 0.363 e. The van der Waals surface area contributed by atoms with Crippen molar-refractivity contribution in [3.05, 3.63) is 28.0 Å². The van der Waals surface area contributed by atoms with Crippen molar-refractivity contribution in [3.8, 4) is 0 Å². The van der Waals surface area contributed by atoms with Crippen molar-refractivity contribution in [3.63, 3.8) is 0 Å². The number of hydrogen-bond donors (Lipinski definition) is 1. The van der Waals surface area contributed by atoms with Gasteiger partial charge in [-0.1, -0.05) is 44.0 Å². The molecule has 1 fully saturated rings. The van der Waals surface area contributed by atoms with Crippen molar-refractivity contribution in [2.24, 2.45) is 5.92 Å². The molecule has 2 nitrogen and oxygen atoms in total. The molecule has 2 atom stereocenters. The third-order valence-corrected chi connectivity index (χ3v) is 5.05. The van der Waals surface area contributed by atoms with Gasteiger partial charge in [0.05, 0.1) is 15.7 Å². The van der Waals surface area contributed by atoms with E-state index < -0.39 is 5.82 Å². The lowest BCUT2D eigenvalue weighted by molar-refractivity contribution is 0.253. The van der Waals surface area contributed by atoms with Crippen LogP contribution in [0.5, 0.6) is 0 Å². The van der Waals surface area contributed by atoms with Crippen LogP contribution in [0.2, 0.25) is 10.0 Å². The molecular formula is C16H23Cl2FN2. The Bertz CT molecular complexity index is 498. The number of piperazine rings is 1. The van der Waals surface area contributed by atoms with Crippen LogP contribution in [0.3, 0.4) is 0 Å². The van der Waals surface area contributed by atoms with Crippen LogP contribution >= 0.6 is 23.2 Å². The molecular weight excluding hydrogens is 310 g/mol. The lowest BCUT2D eigenvalue weighted by atomic mass is 9.89. The summed E-state index contributed by atoms with van der Waals surface area (Å²) in [4.78, 5) is 2.24. The minimum atomic E-state index is -0.400. The van der Waals surface area contributed by atoms with E-state index in [4.69, 9.17) is 23.2 Å². The van der Waals surface area contributed by atoms with Crippen molar-refractivity contribution < 1.29 is 4.39 Å². The Balaban J connectivity index is 2.45. The smallest absolute Gasteiger partial charge is 0.126 e. The average Bonchev–Trinajstić information content (AvgIpc) is 2.37. The van der Waals surface area contributed by atoms with Crippen LogP contribution in [0.25, 0.3) is 0 Å². The second-order valence-corrected chi connectivity index (χ2v) is 7.27. The predicted molar refractivity (Wildman–Crippen MR) is 89.1 cm³/mol. The minimum absolute atomic E-state index is 0.00638. The summed E-state index contributed by atoms with van der Waals surface area (Å²) < 4.78 is 13.4. The third-order valence-electron chi connectivity index (χ3n) is 4.48. The molecule has 1 aliphatic heterocycles. The molecule has 0 amide bonds. The van der Waals surface area contributed by atoms with Gasteiger partial charge in [0.1, 0.15) is 5.82 Å². The van der Waals surface area contributed by atoms with E-state index in [0.29, 0.717) is 16.0 Å². The van der Waals surface area contributed by atoms with Gasteiger partial charge < -0.3 is 10.2 Å². The summed E-state index contributed by atoms with van der Waals surface area (Å²) in [5, 5.41) is 4.39. The fourth-order valence-corrected chi connectivity index (χ4v) is 3.57. The van der Waals surface area contributed by atoms with Gasteiger partial charge in [0.25, 0.3) is 0 Å². The first kappa shape index (κ1) is 16.9. The van der Waals surface area contributed by atoms with Crippen LogP contribution in [-0.4, -0.2) is 24.7 Å². The molecule has 1 aliphatic rings. The summed E-state index contributed by atoms with van der Waals surface area (Å²) in [6, 6.07) is 2.96. The first-order chi connectivity index (χ1) is 9.77. The molecule has 2 unspecified atom stereocenters. The molecule has 1 aromatic carbocycles. The molecule has 2 rings (SSSR count). The van der Waals surface area contributed by atoms with Gasteiger partial charge in [-0.05, 0) is 31.4 Å². The van der Waals surface area contributed by atoms with Gasteiger partial charge in [-0.25, -0.2) is 4.39 Å². The summed E-state index contributed by atoms with van der Waals surface area (Å²) in [5.41, 5.74) is 0.756. The molecule has 0 saturated carbocycles. The molecule has 1 heterocycles. The standard InChI is InChI=1S/C16H23Cl2FN2/c1-5-16(4)9-21(14(8-20-16)10(2)3)15-12(17)6-11(19)7-13(15)18/h6-7,10,14,20H,5,8-9H2,1-4H3. The van der Waals surface area contributed by atoms with Crippen LogP contribution in [0.15, 0.2) is 12.1 Å². The van der Waals surface area contributed by atoms with Gasteiger partial charge in [0, 0.05) is 24.7 Å². The Hall–Kier alpha value is -0.510. The number of halogens is 3. The number of nitrogens with one attached hydrogen (secondary N) is 1. The third kappa shape index (κ3) is 3.46. The van der Waals surface area contributed by atoms with Crippen LogP contribution in [0, 0.1) is 11.7 Å². The van der Waals surface area contributed by atoms with Crippen molar-refractivity contribution in [1.82, 2.24) is 5.32 Å². The van der Waals surface area contributed by atoms with Crippen molar-refractivity contribution in [1.29, 1.82) is 0 Å². The van der Waals surface area contributed by atoms with E-state index in [-0.39, 0.29) is 11.6 Å². The molecule has 0 radical (unpaired) electrons. The Kier molecular flexibility index (Phi) is 5.07. The summed E-state index contributed by atoms with van der Waals surface area (Å²) in [5.74, 6) is 0.0410. The van der Waals surface area contributed by atoms with Gasteiger partial charge >= 0.3 is 0 Å². The maximum atomic E-state index is 13.4. The summed E-state index contributed by atoms with van der Waals surface area (Å²) in [6.45, 7) is 10.4. The maximum Gasteiger partial charge on any atom is 0.126 e. The van der Waals surface area contributed by atoms with Crippen molar-refractivity contribution in [2.75, 3.05) is 18.0 Å². The van der Waals surface area contributed by atoms with E-state index in [1.807, 2.05) is 0 Å². The first-order valence-electron chi connectivity index (χ1n) is 7.43. The fraction of sp³-hybridized carbons (Fsp3) is 0.625. The molecule has 0 aliphatic carbocycles. The van der Waals surface area contributed by atoms with E-state index in [1.54, 1.807) is 0 Å². The number of nitrogens with zero attached hydrogens (tertiary/aromatic N) is 1. The van der Waals surface area contributed by atoms with Gasteiger partial charge in [-0.2, -0.15) is 0 Å². The first-order valence-corrected chi connectivity index (χ1v) is 8.19. The molecule has 5 heteroatoms. The summed E-state index contributed by atoms with van der Waals surface area (Å²) >= 11 is 12.6. The normalized spacial score (nSPS) is 26.5. The van der Waals surface area contributed by atoms with Gasteiger partial charge in [-0.3, -0.25) is 0 Å². The zero-order chi connectivity index (χ0) is 15.8. The van der Waals surface area contributed by atoms with Crippen molar-refractivity contribution in [2.45, 2.75) is 45.7 Å². The van der Waals surface area contributed by atoms with Crippen LogP contribution in [-0.2, 0) is 0 Å². The second-order valence-electron chi connectivity index (χ2n) is 6.45. The lowest BCUT2D eigenvalue weighted by Crippen LogP contribution is -2.64. The van der Waals surface area contributed by atoms with Gasteiger partial charge in [-0.15, -0.1) is 0 Å². The zero-order valence-corrected chi connectivity index (χ0v) is 14.5. The Morgan fingerprint density at radius 3 is 2.43 bits per heavy atom. The van der Waals surface area contributed by atoms with Gasteiger partial charge in [0.15, 0.2) is 0 Å². The zero-order valence-electron chi connectivity index (χ0n) is 13.0. The molecule has 0 spiro atoms. The quantitative estimate of drug-likeness (QED) is 0.860. The van der Waals surface area contributed by atoms with Crippen molar-refractivity contribution >= 4 is 28.9 Å². The fourth-order valence-electron chi connectivity index (χ4n) is 2.90. The Morgan fingerprint density at radius 1 is 1.38 bits per heavy atom. The summed E-state index contributed by atoms with van der Waals surface area (Å²) in [6.07, 6.45) is 1.00. The predicted octanol–water partition coefficient (Wildman–Crippen LogP) is 4.74. The SMILES string of the molecule is CCC1(C)CN(c2c(Cl)cc(F)cc2Cl)C(C(C)C)CN1. The highest BCUT2D eigenvalue weighted by atomic mass is 35.5. The Labute approximate surface area is 136 Å².